The maximum absolute atomic E-state index is 13.7. The van der Waals surface area contributed by atoms with Crippen LogP contribution in [-0.2, 0) is 10.0 Å². The van der Waals surface area contributed by atoms with Gasteiger partial charge in [0.05, 0.1) is 5.69 Å². The summed E-state index contributed by atoms with van der Waals surface area (Å²) in [5.41, 5.74) is 4.88. The van der Waals surface area contributed by atoms with Gasteiger partial charge in [-0.05, 0) is 34.1 Å². The summed E-state index contributed by atoms with van der Waals surface area (Å²) in [4.78, 5) is 2.55. The lowest BCUT2D eigenvalue weighted by molar-refractivity contribution is 0.522. The lowest BCUT2D eigenvalue weighted by Crippen LogP contribution is -2.17. The number of pyridine rings is 1. The minimum Gasteiger partial charge on any atom is -0.399 e. The van der Waals surface area contributed by atoms with Gasteiger partial charge in [0.2, 0.25) is 0 Å². The van der Waals surface area contributed by atoms with Crippen LogP contribution in [0.1, 0.15) is 0 Å². The molecule has 0 saturated carbocycles. The molecule has 2 aromatic rings. The molecule has 0 aliphatic heterocycles. The van der Waals surface area contributed by atoms with Gasteiger partial charge in [-0.25, -0.2) is 22.2 Å². The molecular weight excluding hydrogens is 392 g/mol. The highest BCUT2D eigenvalue weighted by Gasteiger charge is 2.25. The van der Waals surface area contributed by atoms with Crippen LogP contribution in [0.25, 0.3) is 0 Å². The van der Waals surface area contributed by atoms with Crippen LogP contribution in [0.2, 0.25) is 5.15 Å². The number of sulfonamides is 1. The van der Waals surface area contributed by atoms with Gasteiger partial charge in [-0.2, -0.15) is 0 Å². The Morgan fingerprint density at radius 3 is 2.38 bits per heavy atom. The van der Waals surface area contributed by atoms with Crippen molar-refractivity contribution in [2.24, 2.45) is 0 Å². The largest absolute Gasteiger partial charge is 0.399 e. The minimum atomic E-state index is -4.53. The van der Waals surface area contributed by atoms with E-state index in [-0.39, 0.29) is 16.5 Å². The van der Waals surface area contributed by atoms with Gasteiger partial charge in [0, 0.05) is 16.4 Å². The van der Waals surface area contributed by atoms with E-state index >= 15 is 0 Å². The molecule has 0 saturated heterocycles. The van der Waals surface area contributed by atoms with Crippen molar-refractivity contribution in [1.82, 2.24) is 4.98 Å². The van der Waals surface area contributed by atoms with Crippen LogP contribution in [0.15, 0.2) is 33.8 Å². The van der Waals surface area contributed by atoms with Crippen LogP contribution in [0.3, 0.4) is 0 Å². The average Bonchev–Trinajstić information content (AvgIpc) is 2.31. The standard InChI is InChI=1S/C11H7BrClF2N3O2S/c12-5-1-9(11(13)17-4-5)18-21(19,20)10-7(14)2-6(16)3-8(10)15/h1-4,18H,16H2. The first-order chi connectivity index (χ1) is 9.70. The first-order valence-corrected chi connectivity index (χ1v) is 7.94. The lowest BCUT2D eigenvalue weighted by atomic mass is 10.3. The van der Waals surface area contributed by atoms with Crippen molar-refractivity contribution in [2.45, 2.75) is 4.90 Å². The monoisotopic (exact) mass is 397 g/mol. The number of aromatic nitrogens is 1. The van der Waals surface area contributed by atoms with E-state index in [1.165, 1.54) is 12.3 Å². The highest BCUT2D eigenvalue weighted by molar-refractivity contribution is 9.10. The van der Waals surface area contributed by atoms with Gasteiger partial charge in [-0.3, -0.25) is 4.72 Å². The zero-order chi connectivity index (χ0) is 15.8. The quantitative estimate of drug-likeness (QED) is 0.614. The van der Waals surface area contributed by atoms with Crippen LogP contribution in [0.4, 0.5) is 20.2 Å². The average molecular weight is 399 g/mol. The van der Waals surface area contributed by atoms with E-state index in [1.54, 1.807) is 0 Å². The molecule has 0 aliphatic rings. The molecule has 3 N–H and O–H groups in total. The molecule has 1 aromatic heterocycles. The number of hydrogen-bond acceptors (Lipinski definition) is 4. The summed E-state index contributed by atoms with van der Waals surface area (Å²) in [5, 5.41) is -0.168. The molecule has 0 bridgehead atoms. The fraction of sp³-hybridized carbons (Fsp3) is 0. The second kappa shape index (κ2) is 5.74. The summed E-state index contributed by atoms with van der Waals surface area (Å²) >= 11 is 8.81. The topological polar surface area (TPSA) is 85.1 Å². The Morgan fingerprint density at radius 2 is 1.81 bits per heavy atom. The van der Waals surface area contributed by atoms with Gasteiger partial charge in [-0.1, -0.05) is 11.6 Å². The zero-order valence-corrected chi connectivity index (χ0v) is 13.2. The van der Waals surface area contributed by atoms with Crippen LogP contribution < -0.4 is 10.5 Å². The maximum atomic E-state index is 13.7. The third kappa shape index (κ3) is 3.42. The van der Waals surface area contributed by atoms with Crippen molar-refractivity contribution in [3.8, 4) is 0 Å². The molecule has 0 amide bonds. The van der Waals surface area contributed by atoms with Crippen molar-refractivity contribution in [3.05, 3.63) is 45.7 Å². The second-order valence-electron chi connectivity index (χ2n) is 3.91. The normalized spacial score (nSPS) is 11.4. The van der Waals surface area contributed by atoms with E-state index in [2.05, 4.69) is 20.9 Å². The third-order valence-electron chi connectivity index (χ3n) is 2.34. The summed E-state index contributed by atoms with van der Waals surface area (Å²) in [6.45, 7) is 0. The molecular formula is C11H7BrClF2N3O2S. The zero-order valence-electron chi connectivity index (χ0n) is 10.1. The molecule has 21 heavy (non-hydrogen) atoms. The number of nitrogens with zero attached hydrogens (tertiary/aromatic N) is 1. The SMILES string of the molecule is Nc1cc(F)c(S(=O)(=O)Nc2cc(Br)cnc2Cl)c(F)c1. The number of nitrogens with two attached hydrogens (primary N) is 1. The van der Waals surface area contributed by atoms with Crippen LogP contribution in [-0.4, -0.2) is 13.4 Å². The van der Waals surface area contributed by atoms with Crippen molar-refractivity contribution in [2.75, 3.05) is 10.5 Å². The summed E-state index contributed by atoms with van der Waals surface area (Å²) < 4.78 is 54.0. The Bertz CT molecular complexity index is 794. The molecule has 2 rings (SSSR count). The number of rotatable bonds is 3. The smallest absolute Gasteiger partial charge is 0.267 e. The summed E-state index contributed by atoms with van der Waals surface area (Å²) in [7, 11) is -4.53. The highest BCUT2D eigenvalue weighted by atomic mass is 79.9. The fourth-order valence-corrected chi connectivity index (χ4v) is 3.24. The van der Waals surface area contributed by atoms with Gasteiger partial charge in [0.15, 0.2) is 10.0 Å². The number of hydrogen-bond donors (Lipinski definition) is 2. The van der Waals surface area contributed by atoms with E-state index in [9.17, 15) is 17.2 Å². The fourth-order valence-electron chi connectivity index (χ4n) is 1.53. The lowest BCUT2D eigenvalue weighted by Gasteiger charge is -2.11. The first-order valence-electron chi connectivity index (χ1n) is 5.29. The predicted molar refractivity (Wildman–Crippen MR) is 78.5 cm³/mol. The molecule has 0 fully saturated rings. The Labute approximate surface area is 132 Å². The molecule has 1 aromatic carbocycles. The van der Waals surface area contributed by atoms with Gasteiger partial charge < -0.3 is 5.73 Å². The van der Waals surface area contributed by atoms with Crippen molar-refractivity contribution >= 4 is 48.9 Å². The molecule has 0 spiro atoms. The van der Waals surface area contributed by atoms with E-state index in [0.29, 0.717) is 16.6 Å². The molecule has 0 aliphatic carbocycles. The molecule has 1 heterocycles. The van der Waals surface area contributed by atoms with Gasteiger partial charge in [0.1, 0.15) is 11.6 Å². The third-order valence-corrected chi connectivity index (χ3v) is 4.49. The Morgan fingerprint density at radius 1 is 1.24 bits per heavy atom. The number of nitrogen functional groups attached to an aromatic ring is 1. The summed E-state index contributed by atoms with van der Waals surface area (Å²) in [6.07, 6.45) is 1.34. The second-order valence-corrected chi connectivity index (χ2v) is 6.80. The number of anilines is 2. The maximum Gasteiger partial charge on any atom is 0.267 e. The number of nitrogens with one attached hydrogen (secondary N) is 1. The minimum absolute atomic E-state index is 0.123. The summed E-state index contributed by atoms with van der Waals surface area (Å²) in [5.74, 6) is -2.61. The highest BCUT2D eigenvalue weighted by Crippen LogP contribution is 2.28. The predicted octanol–water partition coefficient (Wildman–Crippen LogP) is 3.16. The van der Waals surface area contributed by atoms with Crippen LogP contribution >= 0.6 is 27.5 Å². The van der Waals surface area contributed by atoms with E-state index in [4.69, 9.17) is 17.3 Å². The molecule has 0 atom stereocenters. The van der Waals surface area contributed by atoms with E-state index in [1.807, 2.05) is 4.72 Å². The van der Waals surface area contributed by atoms with Crippen molar-refractivity contribution in [3.63, 3.8) is 0 Å². The Hall–Kier alpha value is -1.45. The van der Waals surface area contributed by atoms with Crippen molar-refractivity contribution < 1.29 is 17.2 Å². The van der Waals surface area contributed by atoms with E-state index in [0.717, 1.165) is 0 Å². The van der Waals surface area contributed by atoms with E-state index < -0.39 is 26.6 Å². The Balaban J connectivity index is 2.51. The molecule has 0 unspecified atom stereocenters. The Kier molecular flexibility index (Phi) is 4.35. The van der Waals surface area contributed by atoms with Crippen LogP contribution in [0.5, 0.6) is 0 Å². The van der Waals surface area contributed by atoms with Gasteiger partial charge >= 0.3 is 0 Å². The molecule has 5 nitrogen and oxygen atoms in total. The van der Waals surface area contributed by atoms with Gasteiger partial charge in [0.25, 0.3) is 10.0 Å². The number of halogens is 4. The first kappa shape index (κ1) is 15.9. The summed E-state index contributed by atoms with van der Waals surface area (Å²) in [6, 6.07) is 2.72. The molecule has 10 heteroatoms. The van der Waals surface area contributed by atoms with Gasteiger partial charge in [-0.15, -0.1) is 0 Å². The number of benzene rings is 1. The van der Waals surface area contributed by atoms with Crippen molar-refractivity contribution in [1.29, 1.82) is 0 Å². The van der Waals surface area contributed by atoms with Crippen LogP contribution in [0, 0.1) is 11.6 Å². The molecule has 0 radical (unpaired) electrons. The molecule has 112 valence electrons.